The topological polar surface area (TPSA) is 47.4 Å². The molecule has 5 nitrogen and oxygen atoms in total. The van der Waals surface area contributed by atoms with E-state index in [9.17, 15) is 4.79 Å². The van der Waals surface area contributed by atoms with E-state index >= 15 is 0 Å². The van der Waals surface area contributed by atoms with Gasteiger partial charge < -0.3 is 9.64 Å². The smallest absolute Gasteiger partial charge is 0.250 e. The second kappa shape index (κ2) is 6.43. The van der Waals surface area contributed by atoms with E-state index < -0.39 is 0 Å². The van der Waals surface area contributed by atoms with Crippen LogP contribution in [0.3, 0.4) is 0 Å². The van der Waals surface area contributed by atoms with Gasteiger partial charge in [0, 0.05) is 24.9 Å². The monoisotopic (exact) mass is 289 g/mol. The van der Waals surface area contributed by atoms with Gasteiger partial charge in [0.1, 0.15) is 0 Å². The lowest BCUT2D eigenvalue weighted by molar-refractivity contribution is -0.131. The Labute approximate surface area is 125 Å². The molecule has 0 aromatic carbocycles. The minimum atomic E-state index is 0.139. The molecule has 0 N–H and O–H groups in total. The Balaban J connectivity index is 1.81. The summed E-state index contributed by atoms with van der Waals surface area (Å²) in [6.07, 6.45) is 7.85. The molecular weight excluding hydrogens is 266 g/mol. The Bertz CT molecular complexity index is 535. The molecule has 5 heteroatoms. The second-order valence-electron chi connectivity index (χ2n) is 5.70. The zero-order valence-corrected chi connectivity index (χ0v) is 12.6. The number of amides is 1. The minimum absolute atomic E-state index is 0.139. The van der Waals surface area contributed by atoms with Gasteiger partial charge in [0.25, 0.3) is 0 Å². The molecule has 2 heterocycles. The maximum atomic E-state index is 12.8. The Kier molecular flexibility index (Phi) is 4.39. The molecule has 3 rings (SSSR count). The highest BCUT2D eigenvalue weighted by atomic mass is 16.5. The Morgan fingerprint density at radius 3 is 3.19 bits per heavy atom. The first-order valence-corrected chi connectivity index (χ1v) is 7.88. The van der Waals surface area contributed by atoms with Gasteiger partial charge in [-0.15, -0.1) is 0 Å². The van der Waals surface area contributed by atoms with Crippen LogP contribution < -0.4 is 0 Å². The van der Waals surface area contributed by atoms with Crippen LogP contribution in [-0.4, -0.2) is 39.8 Å². The molecule has 1 amide bonds. The molecule has 1 aromatic rings. The van der Waals surface area contributed by atoms with E-state index in [1.807, 2.05) is 28.8 Å². The largest absolute Gasteiger partial charge is 0.380 e. The SMILES string of the molecule is CCOCC1CCn2nccc2CN1C(=O)C1=CCCC1. The number of fused-ring (bicyclic) bond motifs is 1. The van der Waals surface area contributed by atoms with E-state index in [-0.39, 0.29) is 11.9 Å². The first-order valence-electron chi connectivity index (χ1n) is 7.88. The van der Waals surface area contributed by atoms with E-state index in [1.54, 1.807) is 0 Å². The number of hydrogen-bond acceptors (Lipinski definition) is 3. The summed E-state index contributed by atoms with van der Waals surface area (Å²) in [6.45, 7) is 4.77. The van der Waals surface area contributed by atoms with E-state index in [0.29, 0.717) is 19.8 Å². The normalized spacial score (nSPS) is 21.9. The highest BCUT2D eigenvalue weighted by Gasteiger charge is 2.30. The van der Waals surface area contributed by atoms with Gasteiger partial charge in [-0.3, -0.25) is 9.48 Å². The van der Waals surface area contributed by atoms with Gasteiger partial charge in [-0.1, -0.05) is 6.08 Å². The average Bonchev–Trinajstić information content (AvgIpc) is 3.14. The molecule has 0 saturated heterocycles. The number of aryl methyl sites for hydroxylation is 1. The van der Waals surface area contributed by atoms with Crippen molar-refractivity contribution in [3.8, 4) is 0 Å². The zero-order chi connectivity index (χ0) is 14.7. The van der Waals surface area contributed by atoms with Crippen molar-refractivity contribution in [2.75, 3.05) is 13.2 Å². The fourth-order valence-electron chi connectivity index (χ4n) is 3.14. The van der Waals surface area contributed by atoms with Crippen LogP contribution >= 0.6 is 0 Å². The van der Waals surface area contributed by atoms with Crippen LogP contribution in [0.2, 0.25) is 0 Å². The quantitative estimate of drug-likeness (QED) is 0.853. The number of carbonyl (C=O) groups excluding carboxylic acids is 1. The molecule has 0 radical (unpaired) electrons. The van der Waals surface area contributed by atoms with Crippen molar-refractivity contribution in [1.29, 1.82) is 0 Å². The van der Waals surface area contributed by atoms with Gasteiger partial charge in [0.15, 0.2) is 0 Å². The highest BCUT2D eigenvalue weighted by Crippen LogP contribution is 2.25. The number of nitrogens with zero attached hydrogens (tertiary/aromatic N) is 3. The van der Waals surface area contributed by atoms with Crippen molar-refractivity contribution < 1.29 is 9.53 Å². The molecule has 1 aromatic heterocycles. The predicted molar refractivity (Wildman–Crippen MR) is 79.6 cm³/mol. The van der Waals surface area contributed by atoms with E-state index in [1.165, 1.54) is 0 Å². The third kappa shape index (κ3) is 3.02. The van der Waals surface area contributed by atoms with Crippen LogP contribution in [0, 0.1) is 0 Å². The van der Waals surface area contributed by atoms with Crippen molar-refractivity contribution in [3.63, 3.8) is 0 Å². The lowest BCUT2D eigenvalue weighted by Gasteiger charge is -2.30. The summed E-state index contributed by atoms with van der Waals surface area (Å²) in [5, 5.41) is 4.35. The Morgan fingerprint density at radius 2 is 2.43 bits per heavy atom. The first kappa shape index (κ1) is 14.3. The second-order valence-corrected chi connectivity index (χ2v) is 5.70. The van der Waals surface area contributed by atoms with Crippen molar-refractivity contribution in [2.45, 2.75) is 51.7 Å². The third-order valence-electron chi connectivity index (χ3n) is 4.34. The van der Waals surface area contributed by atoms with Crippen LogP contribution in [0.4, 0.5) is 0 Å². The maximum absolute atomic E-state index is 12.8. The lowest BCUT2D eigenvalue weighted by Crippen LogP contribution is -2.42. The summed E-state index contributed by atoms with van der Waals surface area (Å²) in [6, 6.07) is 2.15. The fraction of sp³-hybridized carbons (Fsp3) is 0.625. The zero-order valence-electron chi connectivity index (χ0n) is 12.6. The van der Waals surface area contributed by atoms with Gasteiger partial charge in [0.05, 0.1) is 24.9 Å². The van der Waals surface area contributed by atoms with Gasteiger partial charge in [-0.05, 0) is 38.7 Å². The Morgan fingerprint density at radius 1 is 1.52 bits per heavy atom. The molecule has 1 aliphatic heterocycles. The number of rotatable bonds is 4. The van der Waals surface area contributed by atoms with Crippen LogP contribution in [0.25, 0.3) is 0 Å². The predicted octanol–water partition coefficient (Wildman–Crippen LogP) is 2.13. The minimum Gasteiger partial charge on any atom is -0.380 e. The van der Waals surface area contributed by atoms with E-state index in [0.717, 1.165) is 43.5 Å². The maximum Gasteiger partial charge on any atom is 0.250 e. The molecule has 1 aliphatic carbocycles. The van der Waals surface area contributed by atoms with Crippen molar-refractivity contribution in [1.82, 2.24) is 14.7 Å². The molecular formula is C16H23N3O2. The van der Waals surface area contributed by atoms with Gasteiger partial charge in [0.2, 0.25) is 5.91 Å². The number of aromatic nitrogens is 2. The van der Waals surface area contributed by atoms with E-state index in [2.05, 4.69) is 11.2 Å². The summed E-state index contributed by atoms with van der Waals surface area (Å²) in [5.41, 5.74) is 2.09. The molecule has 0 saturated carbocycles. The van der Waals surface area contributed by atoms with Gasteiger partial charge >= 0.3 is 0 Å². The molecule has 21 heavy (non-hydrogen) atoms. The number of carbonyl (C=O) groups is 1. The van der Waals surface area contributed by atoms with Crippen LogP contribution in [-0.2, 0) is 22.6 Å². The van der Waals surface area contributed by atoms with E-state index in [4.69, 9.17) is 4.74 Å². The molecule has 0 fully saturated rings. The van der Waals surface area contributed by atoms with Crippen molar-refractivity contribution >= 4 is 5.91 Å². The number of ether oxygens (including phenoxy) is 1. The molecule has 1 atom stereocenters. The highest BCUT2D eigenvalue weighted by molar-refractivity contribution is 5.94. The third-order valence-corrected chi connectivity index (χ3v) is 4.34. The van der Waals surface area contributed by atoms with Crippen LogP contribution in [0.5, 0.6) is 0 Å². The number of hydrogen-bond donors (Lipinski definition) is 0. The van der Waals surface area contributed by atoms with Crippen LogP contribution in [0.1, 0.15) is 38.3 Å². The Hall–Kier alpha value is -1.62. The molecule has 0 bridgehead atoms. The summed E-state index contributed by atoms with van der Waals surface area (Å²) < 4.78 is 7.61. The first-order chi connectivity index (χ1) is 10.3. The summed E-state index contributed by atoms with van der Waals surface area (Å²) in [7, 11) is 0. The lowest BCUT2D eigenvalue weighted by atomic mass is 10.1. The summed E-state index contributed by atoms with van der Waals surface area (Å²) in [4.78, 5) is 14.8. The summed E-state index contributed by atoms with van der Waals surface area (Å²) >= 11 is 0. The molecule has 114 valence electrons. The van der Waals surface area contributed by atoms with Gasteiger partial charge in [-0.2, -0.15) is 5.10 Å². The van der Waals surface area contributed by atoms with Crippen LogP contribution in [0.15, 0.2) is 23.9 Å². The van der Waals surface area contributed by atoms with Crippen molar-refractivity contribution in [3.05, 3.63) is 29.6 Å². The fourth-order valence-corrected chi connectivity index (χ4v) is 3.14. The summed E-state index contributed by atoms with van der Waals surface area (Å²) in [5.74, 6) is 0.187. The molecule has 0 spiro atoms. The standard InChI is InChI=1S/C16H23N3O2/c1-2-21-12-15-8-10-19-14(7-9-17-19)11-18(15)16(20)13-5-3-4-6-13/h5,7,9,15H,2-4,6,8,10-12H2,1H3. The molecule has 2 aliphatic rings. The van der Waals surface area contributed by atoms with Gasteiger partial charge in [-0.25, -0.2) is 0 Å². The van der Waals surface area contributed by atoms with Crippen molar-refractivity contribution in [2.24, 2.45) is 0 Å². The molecule has 1 unspecified atom stereocenters. The average molecular weight is 289 g/mol. The number of allylic oxidation sites excluding steroid dienone is 1.